The molecule has 0 spiro atoms. The highest BCUT2D eigenvalue weighted by atomic mass is 35.5. The summed E-state index contributed by atoms with van der Waals surface area (Å²) in [6.07, 6.45) is 1.78. The SMILES string of the molecule is O=C1NC(=S)S/C1=C/c1cccc(OCc2ccc(Cl)c(Cl)c2)c1. The second-order valence-corrected chi connectivity index (χ2v) is 7.50. The Bertz CT molecular complexity index is 852. The van der Waals surface area contributed by atoms with Crippen molar-refractivity contribution in [3.8, 4) is 5.75 Å². The van der Waals surface area contributed by atoms with Gasteiger partial charge in [-0.05, 0) is 41.5 Å². The fourth-order valence-electron chi connectivity index (χ4n) is 2.06. The maximum atomic E-state index is 11.7. The van der Waals surface area contributed by atoms with Crippen LogP contribution in [0.4, 0.5) is 0 Å². The zero-order chi connectivity index (χ0) is 17.1. The monoisotopic (exact) mass is 395 g/mol. The molecule has 1 amide bonds. The third kappa shape index (κ3) is 4.30. The van der Waals surface area contributed by atoms with E-state index in [0.717, 1.165) is 11.1 Å². The maximum absolute atomic E-state index is 11.7. The first-order chi connectivity index (χ1) is 11.5. The Morgan fingerprint density at radius 3 is 2.71 bits per heavy atom. The molecule has 2 aromatic carbocycles. The smallest absolute Gasteiger partial charge is 0.263 e. The molecule has 1 aliphatic rings. The van der Waals surface area contributed by atoms with Gasteiger partial charge < -0.3 is 10.1 Å². The van der Waals surface area contributed by atoms with Crippen LogP contribution in [0.25, 0.3) is 6.08 Å². The first-order valence-corrected chi connectivity index (χ1v) is 8.91. The van der Waals surface area contributed by atoms with Gasteiger partial charge in [-0.15, -0.1) is 0 Å². The molecule has 0 atom stereocenters. The van der Waals surface area contributed by atoms with Crippen LogP contribution >= 0.6 is 47.2 Å². The minimum absolute atomic E-state index is 0.174. The molecule has 0 unspecified atom stereocenters. The Labute approximate surface area is 159 Å². The van der Waals surface area contributed by atoms with Gasteiger partial charge in [0.05, 0.1) is 15.0 Å². The topological polar surface area (TPSA) is 38.3 Å². The largest absolute Gasteiger partial charge is 0.489 e. The van der Waals surface area contributed by atoms with E-state index in [2.05, 4.69) is 5.32 Å². The predicted octanol–water partition coefficient (Wildman–Crippen LogP) is 5.06. The van der Waals surface area contributed by atoms with Crippen molar-refractivity contribution in [3.63, 3.8) is 0 Å². The summed E-state index contributed by atoms with van der Waals surface area (Å²) in [7, 11) is 0. The Morgan fingerprint density at radius 2 is 2.00 bits per heavy atom. The average molecular weight is 396 g/mol. The summed E-state index contributed by atoms with van der Waals surface area (Å²) in [5.41, 5.74) is 1.79. The highest BCUT2D eigenvalue weighted by Crippen LogP contribution is 2.27. The van der Waals surface area contributed by atoms with Gasteiger partial charge in [-0.3, -0.25) is 4.79 Å². The van der Waals surface area contributed by atoms with Gasteiger partial charge in [0.1, 0.15) is 16.7 Å². The first kappa shape index (κ1) is 17.3. The number of thiocarbonyl (C=S) groups is 1. The Balaban J connectivity index is 1.71. The normalized spacial score (nSPS) is 15.7. The molecule has 7 heteroatoms. The van der Waals surface area contributed by atoms with Crippen molar-refractivity contribution in [2.24, 2.45) is 0 Å². The van der Waals surface area contributed by atoms with Crippen LogP contribution in [-0.4, -0.2) is 10.2 Å². The molecule has 0 saturated carbocycles. The summed E-state index contributed by atoms with van der Waals surface area (Å²) >= 11 is 18.1. The van der Waals surface area contributed by atoms with Crippen LogP contribution in [0.3, 0.4) is 0 Å². The van der Waals surface area contributed by atoms with Crippen LogP contribution in [0.5, 0.6) is 5.75 Å². The molecule has 1 fully saturated rings. The van der Waals surface area contributed by atoms with Gasteiger partial charge in [-0.25, -0.2) is 0 Å². The summed E-state index contributed by atoms with van der Waals surface area (Å²) in [6.45, 7) is 0.371. The van der Waals surface area contributed by atoms with Crippen molar-refractivity contribution in [1.82, 2.24) is 5.32 Å². The number of amides is 1. The number of rotatable bonds is 4. The highest BCUT2D eigenvalue weighted by molar-refractivity contribution is 8.26. The molecule has 3 rings (SSSR count). The standard InChI is InChI=1S/C17H11Cl2NO2S2/c18-13-5-4-11(7-14(13)19)9-22-12-3-1-2-10(6-12)8-15-16(21)20-17(23)24-15/h1-8H,9H2,(H,20,21,23)/b15-8+. The second kappa shape index (κ2) is 7.57. The lowest BCUT2D eigenvalue weighted by Crippen LogP contribution is -2.17. The molecule has 1 heterocycles. The van der Waals surface area contributed by atoms with Crippen molar-refractivity contribution in [2.45, 2.75) is 6.61 Å². The molecule has 1 N–H and O–H groups in total. The number of benzene rings is 2. The minimum Gasteiger partial charge on any atom is -0.489 e. The lowest BCUT2D eigenvalue weighted by molar-refractivity contribution is -0.115. The van der Waals surface area contributed by atoms with Crippen LogP contribution in [0.2, 0.25) is 10.0 Å². The van der Waals surface area contributed by atoms with Crippen LogP contribution in [0.15, 0.2) is 47.4 Å². The van der Waals surface area contributed by atoms with Crippen molar-refractivity contribution >= 4 is 63.5 Å². The zero-order valence-corrected chi connectivity index (χ0v) is 15.4. The zero-order valence-electron chi connectivity index (χ0n) is 12.2. The van der Waals surface area contributed by atoms with Crippen molar-refractivity contribution in [2.75, 3.05) is 0 Å². The number of carbonyl (C=O) groups excluding carboxylic acids is 1. The molecule has 0 radical (unpaired) electrons. The maximum Gasteiger partial charge on any atom is 0.263 e. The van der Waals surface area contributed by atoms with Crippen LogP contribution < -0.4 is 10.1 Å². The van der Waals surface area contributed by atoms with E-state index >= 15 is 0 Å². The van der Waals surface area contributed by atoms with E-state index in [0.29, 0.717) is 31.6 Å². The van der Waals surface area contributed by atoms with Gasteiger partial charge in [0.2, 0.25) is 0 Å². The molecule has 3 nitrogen and oxygen atoms in total. The van der Waals surface area contributed by atoms with Gasteiger partial charge in [0.25, 0.3) is 5.91 Å². The number of carbonyl (C=O) groups is 1. The number of hydrogen-bond donors (Lipinski definition) is 1. The highest BCUT2D eigenvalue weighted by Gasteiger charge is 2.21. The summed E-state index contributed by atoms with van der Waals surface area (Å²) in [5.74, 6) is 0.522. The number of hydrogen-bond acceptors (Lipinski definition) is 4. The van der Waals surface area contributed by atoms with E-state index < -0.39 is 0 Å². The van der Waals surface area contributed by atoms with E-state index in [4.69, 9.17) is 40.2 Å². The molecular formula is C17H11Cl2NO2S2. The second-order valence-electron chi connectivity index (χ2n) is 4.96. The Hall–Kier alpha value is -1.53. The summed E-state index contributed by atoms with van der Waals surface area (Å²) in [6, 6.07) is 12.9. The molecule has 1 aliphatic heterocycles. The molecule has 0 aliphatic carbocycles. The molecular weight excluding hydrogens is 385 g/mol. The van der Waals surface area contributed by atoms with E-state index in [1.54, 1.807) is 18.2 Å². The summed E-state index contributed by atoms with van der Waals surface area (Å²) in [5, 5.41) is 3.60. The number of thioether (sulfide) groups is 1. The average Bonchev–Trinajstić information content (AvgIpc) is 2.86. The van der Waals surface area contributed by atoms with Crippen molar-refractivity contribution in [3.05, 3.63) is 68.5 Å². The number of halogens is 2. The van der Waals surface area contributed by atoms with Gasteiger partial charge in [-0.2, -0.15) is 0 Å². The third-order valence-corrected chi connectivity index (χ3v) is 5.09. The molecule has 0 bridgehead atoms. The van der Waals surface area contributed by atoms with Crippen LogP contribution in [0, 0.1) is 0 Å². The van der Waals surface area contributed by atoms with Crippen molar-refractivity contribution < 1.29 is 9.53 Å². The summed E-state index contributed by atoms with van der Waals surface area (Å²) in [4.78, 5) is 12.3. The molecule has 1 saturated heterocycles. The summed E-state index contributed by atoms with van der Waals surface area (Å²) < 4.78 is 6.25. The first-order valence-electron chi connectivity index (χ1n) is 6.93. The van der Waals surface area contributed by atoms with Crippen LogP contribution in [0.1, 0.15) is 11.1 Å². The van der Waals surface area contributed by atoms with E-state index in [1.165, 1.54) is 11.8 Å². The molecule has 24 heavy (non-hydrogen) atoms. The lowest BCUT2D eigenvalue weighted by atomic mass is 10.2. The van der Waals surface area contributed by atoms with Gasteiger partial charge >= 0.3 is 0 Å². The van der Waals surface area contributed by atoms with E-state index in [-0.39, 0.29) is 5.91 Å². The van der Waals surface area contributed by atoms with Gasteiger partial charge in [0, 0.05) is 0 Å². The Morgan fingerprint density at radius 1 is 1.17 bits per heavy atom. The predicted molar refractivity (Wildman–Crippen MR) is 104 cm³/mol. The van der Waals surface area contributed by atoms with Crippen LogP contribution in [-0.2, 0) is 11.4 Å². The van der Waals surface area contributed by atoms with Gasteiger partial charge in [-0.1, -0.05) is 65.4 Å². The lowest BCUT2D eigenvalue weighted by Gasteiger charge is -2.08. The quantitative estimate of drug-likeness (QED) is 0.579. The Kier molecular flexibility index (Phi) is 5.46. The minimum atomic E-state index is -0.174. The van der Waals surface area contributed by atoms with E-state index in [9.17, 15) is 4.79 Å². The molecule has 122 valence electrons. The van der Waals surface area contributed by atoms with Gasteiger partial charge in [0.15, 0.2) is 0 Å². The molecule has 2 aromatic rings. The number of ether oxygens (including phenoxy) is 1. The fourth-order valence-corrected chi connectivity index (χ4v) is 3.43. The van der Waals surface area contributed by atoms with E-state index in [1.807, 2.05) is 30.3 Å². The van der Waals surface area contributed by atoms with Crippen molar-refractivity contribution in [1.29, 1.82) is 0 Å². The molecule has 0 aromatic heterocycles. The number of nitrogens with one attached hydrogen (secondary N) is 1. The third-order valence-electron chi connectivity index (χ3n) is 3.19. The fraction of sp³-hybridized carbons (Fsp3) is 0.0588.